The fraction of sp³-hybridized carbons (Fsp3) is 0.529. The second kappa shape index (κ2) is 10.1. The molecule has 1 amide bonds. The molecule has 31 heavy (non-hydrogen) atoms. The van der Waals surface area contributed by atoms with Gasteiger partial charge in [0.2, 0.25) is 17.8 Å². The highest BCUT2D eigenvalue weighted by atomic mass is 19.4. The van der Waals surface area contributed by atoms with Crippen LogP contribution in [-0.2, 0) is 4.79 Å². The number of likely N-dealkylation sites (tertiary alicyclic amines) is 1. The Bertz CT molecular complexity index is 849. The number of aromatic nitrogens is 3. The number of carbonyl (C=O) groups excluding carboxylic acids is 1. The molecule has 1 fully saturated rings. The van der Waals surface area contributed by atoms with Gasteiger partial charge in [0.1, 0.15) is 18.4 Å². The Labute approximate surface area is 176 Å². The van der Waals surface area contributed by atoms with Gasteiger partial charge < -0.3 is 26.6 Å². The van der Waals surface area contributed by atoms with E-state index in [1.807, 2.05) is 6.92 Å². The molecule has 1 aromatic heterocycles. The van der Waals surface area contributed by atoms with E-state index in [2.05, 4.69) is 27.3 Å². The predicted molar refractivity (Wildman–Crippen MR) is 107 cm³/mol. The molecule has 6 N–H and O–H groups in total. The molecule has 10 nitrogen and oxygen atoms in total. The van der Waals surface area contributed by atoms with Crippen molar-refractivity contribution in [3.63, 3.8) is 0 Å². The smallest absolute Gasteiger partial charge is 0.368 e. The van der Waals surface area contributed by atoms with E-state index in [1.165, 1.54) is 0 Å². The molecule has 1 aliphatic rings. The van der Waals surface area contributed by atoms with Gasteiger partial charge in [0.05, 0.1) is 0 Å². The van der Waals surface area contributed by atoms with Crippen LogP contribution in [0.4, 0.5) is 29.5 Å². The summed E-state index contributed by atoms with van der Waals surface area (Å²) in [6, 6.07) is -1.06. The Morgan fingerprint density at radius 2 is 2.16 bits per heavy atom. The third-order valence-electron chi connectivity index (χ3n) is 4.32. The largest absolute Gasteiger partial charge is 0.405 e. The second-order valence-electron chi connectivity index (χ2n) is 6.75. The Morgan fingerprint density at radius 1 is 1.45 bits per heavy atom. The van der Waals surface area contributed by atoms with Crippen LogP contribution in [0.15, 0.2) is 18.6 Å². The van der Waals surface area contributed by atoms with E-state index in [-0.39, 0.29) is 30.7 Å². The van der Waals surface area contributed by atoms with Gasteiger partial charge in [-0.3, -0.25) is 10.2 Å². The minimum Gasteiger partial charge on any atom is -0.368 e. The number of nitrogens with one attached hydrogen (secondary N) is 4. The number of halogens is 4. The molecule has 0 saturated carbocycles. The summed E-state index contributed by atoms with van der Waals surface area (Å²) in [6.45, 7) is 4.93. The van der Waals surface area contributed by atoms with Crippen LogP contribution < -0.4 is 21.7 Å². The molecule has 0 radical (unpaired) electrons. The summed E-state index contributed by atoms with van der Waals surface area (Å²) >= 11 is 0. The number of alkyl halides is 3. The Kier molecular flexibility index (Phi) is 7.83. The molecule has 1 aromatic rings. The van der Waals surface area contributed by atoms with Crippen molar-refractivity contribution < 1.29 is 22.4 Å². The molecule has 0 aromatic carbocycles. The van der Waals surface area contributed by atoms with Crippen LogP contribution in [0.1, 0.15) is 26.2 Å². The lowest BCUT2D eigenvalue weighted by Gasteiger charge is -2.25. The van der Waals surface area contributed by atoms with Crippen LogP contribution in [-0.4, -0.2) is 63.3 Å². The summed E-state index contributed by atoms with van der Waals surface area (Å²) in [4.78, 5) is 17.1. The van der Waals surface area contributed by atoms with Gasteiger partial charge in [0, 0.05) is 19.3 Å². The average Bonchev–Trinajstić information content (AvgIpc) is 3.34. The number of hydrogen-bond acceptors (Lipinski definition) is 7. The quantitative estimate of drug-likeness (QED) is 0.220. The highest BCUT2D eigenvalue weighted by Gasteiger charge is 2.36. The normalized spacial score (nSPS) is 16.9. The summed E-state index contributed by atoms with van der Waals surface area (Å²) < 4.78 is 52.6. The molecule has 1 aliphatic heterocycles. The zero-order chi connectivity index (χ0) is 23.2. The van der Waals surface area contributed by atoms with Crippen LogP contribution in [0.5, 0.6) is 0 Å². The lowest BCUT2D eigenvalue weighted by atomic mass is 10.2. The number of anilines is 2. The first-order chi connectivity index (χ1) is 14.5. The van der Waals surface area contributed by atoms with Crippen LogP contribution in [0.3, 0.4) is 0 Å². The van der Waals surface area contributed by atoms with E-state index in [1.54, 1.807) is 5.32 Å². The molecule has 172 valence electrons. The average molecular weight is 447 g/mol. The third-order valence-corrected chi connectivity index (χ3v) is 4.32. The number of nitrogens with two attached hydrogens (primary N) is 1. The lowest BCUT2D eigenvalue weighted by Crippen LogP contribution is -2.48. The number of carbonyl (C=O) groups is 1. The van der Waals surface area contributed by atoms with Gasteiger partial charge in [-0.15, -0.1) is 5.10 Å². The van der Waals surface area contributed by atoms with Gasteiger partial charge in [-0.25, -0.2) is 4.39 Å². The molecule has 0 spiro atoms. The lowest BCUT2D eigenvalue weighted by molar-refractivity contribution is -0.140. The van der Waals surface area contributed by atoms with Crippen LogP contribution in [0, 0.1) is 5.41 Å². The number of rotatable bonds is 9. The van der Waals surface area contributed by atoms with Crippen molar-refractivity contribution in [2.24, 2.45) is 0 Å². The number of amides is 1. The maximum absolute atomic E-state index is 14.5. The van der Waals surface area contributed by atoms with Crippen molar-refractivity contribution in [1.29, 1.82) is 5.41 Å². The standard InChI is InChI=1S/C17H25F4N9O/c1-3-6-24-16-27-15(23)30(28-16)10(2)25-8-11(18)13(22)29-7-4-5-12(29)14(31)26-9-17(19,20)21/h8,12,22,25H,2-7,9H2,1H3,(H,26,31)(H3,23,24,27,28)/t12-/m1/s1. The van der Waals surface area contributed by atoms with Gasteiger partial charge >= 0.3 is 6.18 Å². The summed E-state index contributed by atoms with van der Waals surface area (Å²) in [5.74, 6) is -2.27. The van der Waals surface area contributed by atoms with Crippen LogP contribution in [0.2, 0.25) is 0 Å². The molecular weight excluding hydrogens is 422 g/mol. The Hall–Kier alpha value is -3.32. The van der Waals surface area contributed by atoms with E-state index in [4.69, 9.17) is 11.1 Å². The summed E-state index contributed by atoms with van der Waals surface area (Å²) in [6.07, 6.45) is -2.24. The van der Waals surface area contributed by atoms with E-state index >= 15 is 0 Å². The minimum absolute atomic E-state index is 0.000861. The van der Waals surface area contributed by atoms with Crippen LogP contribution in [0.25, 0.3) is 5.82 Å². The monoisotopic (exact) mass is 447 g/mol. The SMILES string of the molecule is C=C(NC=C(F)C(=N)N1CCC[C@@H]1C(=O)NCC(F)(F)F)n1nc(NCCC)nc1N. The maximum Gasteiger partial charge on any atom is 0.405 e. The molecule has 0 aliphatic carbocycles. The number of nitrogen functional groups attached to an aromatic ring is 1. The molecule has 2 rings (SSSR count). The first kappa shape index (κ1) is 24.0. The Morgan fingerprint density at radius 3 is 2.81 bits per heavy atom. The van der Waals surface area contributed by atoms with E-state index in [0.717, 1.165) is 22.2 Å². The molecular formula is C17H25F4N9O. The van der Waals surface area contributed by atoms with Crippen molar-refractivity contribution in [2.75, 3.05) is 30.7 Å². The van der Waals surface area contributed by atoms with Crippen molar-refractivity contribution >= 4 is 29.5 Å². The maximum atomic E-state index is 14.5. The van der Waals surface area contributed by atoms with E-state index in [9.17, 15) is 22.4 Å². The number of amidine groups is 1. The zero-order valence-electron chi connectivity index (χ0n) is 16.9. The van der Waals surface area contributed by atoms with Gasteiger partial charge in [0.15, 0.2) is 11.7 Å². The molecule has 1 atom stereocenters. The van der Waals surface area contributed by atoms with Gasteiger partial charge in [-0.05, 0) is 19.3 Å². The minimum atomic E-state index is -4.56. The van der Waals surface area contributed by atoms with Crippen molar-refractivity contribution in [2.45, 2.75) is 38.4 Å². The molecule has 14 heteroatoms. The summed E-state index contributed by atoms with van der Waals surface area (Å²) in [7, 11) is 0. The van der Waals surface area contributed by atoms with Gasteiger partial charge in [-0.2, -0.15) is 22.8 Å². The number of nitrogens with zero attached hydrogens (tertiary/aromatic N) is 4. The van der Waals surface area contributed by atoms with E-state index < -0.39 is 36.3 Å². The summed E-state index contributed by atoms with van der Waals surface area (Å²) in [5.41, 5.74) is 5.75. The fourth-order valence-corrected chi connectivity index (χ4v) is 2.86. The highest BCUT2D eigenvalue weighted by molar-refractivity contribution is 5.97. The molecule has 0 unspecified atom stereocenters. The topological polar surface area (TPSA) is 137 Å². The van der Waals surface area contributed by atoms with Gasteiger partial charge in [-0.1, -0.05) is 13.5 Å². The first-order valence-electron chi connectivity index (χ1n) is 9.51. The Balaban J connectivity index is 1.99. The van der Waals surface area contributed by atoms with Crippen molar-refractivity contribution in [1.82, 2.24) is 30.3 Å². The second-order valence-corrected chi connectivity index (χ2v) is 6.75. The van der Waals surface area contributed by atoms with Crippen molar-refractivity contribution in [3.05, 3.63) is 18.6 Å². The van der Waals surface area contributed by atoms with Crippen LogP contribution >= 0.6 is 0 Å². The number of hydrogen-bond donors (Lipinski definition) is 5. The third kappa shape index (κ3) is 6.58. The highest BCUT2D eigenvalue weighted by Crippen LogP contribution is 2.21. The zero-order valence-corrected chi connectivity index (χ0v) is 16.9. The molecule has 0 bridgehead atoms. The van der Waals surface area contributed by atoms with Gasteiger partial charge in [0.25, 0.3) is 0 Å². The molecule has 1 saturated heterocycles. The van der Waals surface area contributed by atoms with E-state index in [0.29, 0.717) is 13.0 Å². The van der Waals surface area contributed by atoms with Crippen molar-refractivity contribution in [3.8, 4) is 0 Å². The fourth-order valence-electron chi connectivity index (χ4n) is 2.86. The first-order valence-corrected chi connectivity index (χ1v) is 9.51. The predicted octanol–water partition coefficient (Wildman–Crippen LogP) is 1.63. The molecule has 2 heterocycles. The summed E-state index contributed by atoms with van der Waals surface area (Å²) in [5, 5.41) is 19.3.